The first-order valence-corrected chi connectivity index (χ1v) is 9.97. The lowest BCUT2D eigenvalue weighted by atomic mass is 10.2. The average molecular weight is 397 g/mol. The van der Waals surface area contributed by atoms with E-state index in [1.54, 1.807) is 0 Å². The lowest BCUT2D eigenvalue weighted by Crippen LogP contribution is -2.33. The van der Waals surface area contributed by atoms with Crippen LogP contribution < -0.4 is 0 Å². The van der Waals surface area contributed by atoms with Crippen LogP contribution in [0, 0.1) is 0 Å². The van der Waals surface area contributed by atoms with E-state index in [-0.39, 0.29) is 17.0 Å². The summed E-state index contributed by atoms with van der Waals surface area (Å²) in [5.41, 5.74) is 0.291. The number of halogens is 1. The van der Waals surface area contributed by atoms with Crippen LogP contribution in [0.5, 0.6) is 0 Å². The van der Waals surface area contributed by atoms with Crippen molar-refractivity contribution in [1.82, 2.24) is 14.7 Å². The molecule has 2 aliphatic rings. The van der Waals surface area contributed by atoms with Crippen LogP contribution in [-0.4, -0.2) is 72.2 Å². The van der Waals surface area contributed by atoms with Gasteiger partial charge < -0.3 is 9.80 Å². The number of unbranched alkanes of at least 4 members (excludes halogenated alkanes) is 2. The van der Waals surface area contributed by atoms with E-state index in [1.165, 1.54) is 50.5 Å². The average Bonchev–Trinajstić information content (AvgIpc) is 2.81. The minimum Gasteiger partial charge on any atom is -0.349 e. The fourth-order valence-electron chi connectivity index (χ4n) is 2.53. The maximum Gasteiger partial charge on any atom is 0.172 e. The van der Waals surface area contributed by atoms with Gasteiger partial charge in [-0.05, 0) is 61.6 Å². The Morgan fingerprint density at radius 2 is 2.00 bits per heavy atom. The third-order valence-corrected chi connectivity index (χ3v) is 6.37. The summed E-state index contributed by atoms with van der Waals surface area (Å²) >= 11 is 0. The summed E-state index contributed by atoms with van der Waals surface area (Å²) in [6.45, 7) is 8.30. The number of rotatable bonds is 5. The summed E-state index contributed by atoms with van der Waals surface area (Å²) in [5.74, 6) is 0. The number of nitrogens with zero attached hydrogens (tertiary/aromatic N) is 4. The Balaban J connectivity index is 0.00000220. The molecule has 7 heteroatoms. The van der Waals surface area contributed by atoms with Gasteiger partial charge in [-0.15, -0.1) is 17.0 Å². The van der Waals surface area contributed by atoms with E-state index in [0.717, 1.165) is 13.1 Å². The van der Waals surface area contributed by atoms with Crippen LogP contribution in [-0.2, 0) is 0 Å². The zero-order valence-electron chi connectivity index (χ0n) is 13.5. The van der Waals surface area contributed by atoms with Gasteiger partial charge in [-0.1, -0.05) is 19.8 Å². The highest BCUT2D eigenvalue weighted by atomic mass is 79.9. The third-order valence-electron chi connectivity index (χ3n) is 3.81. The molecule has 0 aliphatic carbocycles. The Hall–Kier alpha value is 0.570. The summed E-state index contributed by atoms with van der Waals surface area (Å²) in [4.78, 5) is 12.1. The van der Waals surface area contributed by atoms with E-state index >= 15 is 0 Å². The molecule has 0 spiro atoms. The van der Waals surface area contributed by atoms with E-state index in [9.17, 15) is 0 Å². The van der Waals surface area contributed by atoms with Gasteiger partial charge in [-0.2, -0.15) is 0 Å². The number of hydrogen-bond donors (Lipinski definition) is 0. The van der Waals surface area contributed by atoms with Gasteiger partial charge in [-0.3, -0.25) is 4.90 Å². The third kappa shape index (κ3) is 6.29. The van der Waals surface area contributed by atoms with E-state index in [2.05, 4.69) is 35.7 Å². The minimum absolute atomic E-state index is 0. The van der Waals surface area contributed by atoms with Gasteiger partial charge in [0.05, 0.1) is 0 Å². The number of aliphatic imine (C=N–C) groups is 1. The normalized spacial score (nSPS) is 23.9. The van der Waals surface area contributed by atoms with Crippen LogP contribution in [0.2, 0.25) is 0 Å². The highest BCUT2D eigenvalue weighted by molar-refractivity contribution is 8.93. The fraction of sp³-hybridized carbons (Fsp3) is 0.929. The molecular formula is C14H29BrN4S2. The second-order valence-electron chi connectivity index (χ2n) is 5.77. The molecule has 124 valence electrons. The van der Waals surface area contributed by atoms with Crippen molar-refractivity contribution in [2.75, 3.05) is 46.8 Å². The molecule has 2 aliphatic heterocycles. The van der Waals surface area contributed by atoms with Crippen LogP contribution in [0.15, 0.2) is 4.99 Å². The summed E-state index contributed by atoms with van der Waals surface area (Å²) in [6.07, 6.45) is 5.30. The molecule has 0 saturated carbocycles. The quantitative estimate of drug-likeness (QED) is 0.523. The zero-order valence-corrected chi connectivity index (χ0v) is 16.8. The van der Waals surface area contributed by atoms with Crippen LogP contribution in [0.1, 0.15) is 32.6 Å². The molecule has 1 saturated heterocycles. The standard InChI is InChI=1S/C14H28N4S2.BrH/c1-4-5-6-8-17-9-7-10-18(12-11-17)14-15-13(16(2)3)19-20-14;/h13H,4-12H2,1-3H3;1H. The second kappa shape index (κ2) is 10.4. The molecule has 0 radical (unpaired) electrons. The van der Waals surface area contributed by atoms with E-state index in [0.29, 0.717) is 5.50 Å². The first kappa shape index (κ1) is 19.6. The Labute approximate surface area is 148 Å². The monoisotopic (exact) mass is 396 g/mol. The minimum atomic E-state index is 0. The van der Waals surface area contributed by atoms with Crippen molar-refractivity contribution < 1.29 is 0 Å². The molecule has 0 aromatic rings. The van der Waals surface area contributed by atoms with Crippen molar-refractivity contribution in [3.63, 3.8) is 0 Å². The van der Waals surface area contributed by atoms with Crippen molar-refractivity contribution in [3.05, 3.63) is 0 Å². The molecule has 4 nitrogen and oxygen atoms in total. The predicted molar refractivity (Wildman–Crippen MR) is 103 cm³/mol. The number of hydrogen-bond acceptors (Lipinski definition) is 6. The molecule has 1 unspecified atom stereocenters. The highest BCUT2D eigenvalue weighted by Gasteiger charge is 2.26. The van der Waals surface area contributed by atoms with E-state index in [4.69, 9.17) is 4.99 Å². The van der Waals surface area contributed by atoms with E-state index in [1.807, 2.05) is 21.6 Å². The predicted octanol–water partition coefficient (Wildman–Crippen LogP) is 3.36. The summed E-state index contributed by atoms with van der Waals surface area (Å²) in [7, 11) is 7.91. The summed E-state index contributed by atoms with van der Waals surface area (Å²) in [6, 6.07) is 0. The molecule has 0 N–H and O–H groups in total. The maximum atomic E-state index is 4.83. The SMILES string of the molecule is Br.CCCCCN1CCCN(C2=NC(N(C)C)SS2)CC1. The first-order valence-electron chi connectivity index (χ1n) is 7.75. The first-order chi connectivity index (χ1) is 9.70. The molecule has 0 aromatic heterocycles. The summed E-state index contributed by atoms with van der Waals surface area (Å²) in [5, 5.41) is 1.24. The van der Waals surface area contributed by atoms with Gasteiger partial charge in [0.15, 0.2) is 10.7 Å². The van der Waals surface area contributed by atoms with Crippen molar-refractivity contribution in [1.29, 1.82) is 0 Å². The number of amidine groups is 1. The Bertz CT molecular complexity index is 328. The molecule has 2 rings (SSSR count). The van der Waals surface area contributed by atoms with Gasteiger partial charge >= 0.3 is 0 Å². The molecule has 0 aromatic carbocycles. The topological polar surface area (TPSA) is 22.1 Å². The second-order valence-corrected chi connectivity index (χ2v) is 7.99. The van der Waals surface area contributed by atoms with Gasteiger partial charge in [0.25, 0.3) is 0 Å². The van der Waals surface area contributed by atoms with Crippen molar-refractivity contribution in [3.8, 4) is 0 Å². The van der Waals surface area contributed by atoms with Crippen molar-refractivity contribution >= 4 is 43.7 Å². The highest BCUT2D eigenvalue weighted by Crippen LogP contribution is 2.38. The molecule has 0 bridgehead atoms. The maximum absolute atomic E-state index is 4.83. The largest absolute Gasteiger partial charge is 0.349 e. The fourth-order valence-corrected chi connectivity index (χ4v) is 5.12. The van der Waals surface area contributed by atoms with E-state index < -0.39 is 0 Å². The van der Waals surface area contributed by atoms with Gasteiger partial charge in [-0.25, -0.2) is 4.99 Å². The molecule has 21 heavy (non-hydrogen) atoms. The molecule has 1 fully saturated rings. The lowest BCUT2D eigenvalue weighted by molar-refractivity contribution is 0.279. The van der Waals surface area contributed by atoms with Crippen molar-refractivity contribution in [2.45, 2.75) is 38.1 Å². The molecule has 2 heterocycles. The molecule has 1 atom stereocenters. The Kier molecular flexibility index (Phi) is 9.68. The van der Waals surface area contributed by atoms with Crippen LogP contribution in [0.25, 0.3) is 0 Å². The Morgan fingerprint density at radius 3 is 2.67 bits per heavy atom. The Morgan fingerprint density at radius 1 is 1.19 bits per heavy atom. The zero-order chi connectivity index (χ0) is 14.4. The van der Waals surface area contributed by atoms with Crippen molar-refractivity contribution in [2.24, 2.45) is 4.99 Å². The lowest BCUT2D eigenvalue weighted by Gasteiger charge is -2.22. The van der Waals surface area contributed by atoms with Gasteiger partial charge in [0.2, 0.25) is 0 Å². The van der Waals surface area contributed by atoms with Crippen LogP contribution >= 0.6 is 38.6 Å². The van der Waals surface area contributed by atoms with Gasteiger partial charge in [0.1, 0.15) is 0 Å². The van der Waals surface area contributed by atoms with Gasteiger partial charge in [0, 0.05) is 19.6 Å². The molecular weight excluding hydrogens is 368 g/mol. The smallest absolute Gasteiger partial charge is 0.172 e. The van der Waals surface area contributed by atoms with Crippen LogP contribution in [0.4, 0.5) is 0 Å². The van der Waals surface area contributed by atoms with Crippen LogP contribution in [0.3, 0.4) is 0 Å². The summed E-state index contributed by atoms with van der Waals surface area (Å²) < 4.78 is 0. The molecule has 0 amide bonds.